The van der Waals surface area contributed by atoms with E-state index in [1.54, 1.807) is 25.1 Å². The first-order valence-corrected chi connectivity index (χ1v) is 5.04. The Kier molecular flexibility index (Phi) is 2.67. The minimum atomic E-state index is -0.567. The van der Waals surface area contributed by atoms with Gasteiger partial charge in [0.2, 0.25) is 0 Å². The van der Waals surface area contributed by atoms with Crippen LogP contribution in [0.15, 0.2) is 23.8 Å². The third-order valence-electron chi connectivity index (χ3n) is 2.46. The van der Waals surface area contributed by atoms with Crippen LogP contribution < -0.4 is 4.42 Å². The van der Waals surface area contributed by atoms with Gasteiger partial charge in [0, 0.05) is 17.3 Å². The van der Waals surface area contributed by atoms with Crippen molar-refractivity contribution in [3.8, 4) is 0 Å². The number of rotatable bonds is 1. The van der Waals surface area contributed by atoms with Crippen LogP contribution in [0.2, 0.25) is 0 Å². The van der Waals surface area contributed by atoms with Gasteiger partial charge in [0.15, 0.2) is 0 Å². The molecule has 0 spiro atoms. The van der Waals surface area contributed by atoms with Crippen molar-refractivity contribution >= 4 is 23.5 Å². The monoisotopic (exact) mass is 227 g/mol. The Balaban J connectivity index is 2.52. The van der Waals surface area contributed by atoms with E-state index in [2.05, 4.69) is 0 Å². The third kappa shape index (κ3) is 1.85. The van der Waals surface area contributed by atoms with Crippen molar-refractivity contribution in [1.82, 2.24) is 0 Å². The normalized spacial score (nSPS) is 17.1. The Morgan fingerprint density at radius 3 is 2.93 bits per heavy atom. The van der Waals surface area contributed by atoms with Gasteiger partial charge in [-0.15, -0.1) is 0 Å². The van der Waals surface area contributed by atoms with Gasteiger partial charge in [-0.25, -0.2) is 4.39 Å². The fraction of sp³-hybridized carbons (Fsp3) is 0.273. The maximum atomic E-state index is 13.4. The van der Waals surface area contributed by atoms with E-state index in [-0.39, 0.29) is 5.82 Å². The molecule has 0 aliphatic carbocycles. The second kappa shape index (κ2) is 3.83. The van der Waals surface area contributed by atoms with Crippen LogP contribution in [0.4, 0.5) is 10.1 Å². The van der Waals surface area contributed by atoms with Gasteiger partial charge in [-0.1, -0.05) is 12.1 Å². The van der Waals surface area contributed by atoms with Crippen LogP contribution in [0.5, 0.6) is 0 Å². The van der Waals surface area contributed by atoms with Crippen molar-refractivity contribution in [2.24, 2.45) is 0 Å². The highest BCUT2D eigenvalue weighted by Crippen LogP contribution is 2.33. The van der Waals surface area contributed by atoms with Crippen LogP contribution >= 0.6 is 11.8 Å². The van der Waals surface area contributed by atoms with E-state index in [9.17, 15) is 9.50 Å². The molecule has 2 rings (SSSR count). The van der Waals surface area contributed by atoms with Crippen molar-refractivity contribution in [3.63, 3.8) is 0 Å². The summed E-state index contributed by atoms with van der Waals surface area (Å²) < 4.78 is 14.7. The zero-order chi connectivity index (χ0) is 11.0. The van der Waals surface area contributed by atoms with Gasteiger partial charge in [-0.2, -0.15) is 0 Å². The SMILES string of the molecule is C[C@@H](O)C1=Cc2cccc(F)c2N(Cl)C1. The summed E-state index contributed by atoms with van der Waals surface area (Å²) in [5, 5.41) is 9.44. The van der Waals surface area contributed by atoms with Gasteiger partial charge in [-0.3, -0.25) is 4.42 Å². The summed E-state index contributed by atoms with van der Waals surface area (Å²) in [6, 6.07) is 4.77. The fourth-order valence-electron chi connectivity index (χ4n) is 1.64. The Labute approximate surface area is 92.7 Å². The lowest BCUT2D eigenvalue weighted by Gasteiger charge is -2.26. The van der Waals surface area contributed by atoms with Crippen LogP contribution in [0.1, 0.15) is 12.5 Å². The number of hydrogen-bond donors (Lipinski definition) is 1. The molecule has 0 unspecified atom stereocenters. The summed E-state index contributed by atoms with van der Waals surface area (Å²) in [6.07, 6.45) is 1.21. The molecule has 0 saturated heterocycles. The molecule has 0 aromatic heterocycles. The molecular formula is C11H11ClFNO. The topological polar surface area (TPSA) is 23.5 Å². The Morgan fingerprint density at radius 1 is 1.53 bits per heavy atom. The number of nitrogens with zero attached hydrogens (tertiary/aromatic N) is 1. The van der Waals surface area contributed by atoms with Gasteiger partial charge in [0.1, 0.15) is 5.82 Å². The smallest absolute Gasteiger partial charge is 0.148 e. The third-order valence-corrected chi connectivity index (χ3v) is 2.75. The lowest BCUT2D eigenvalue weighted by Crippen LogP contribution is -2.24. The van der Waals surface area contributed by atoms with Crippen molar-refractivity contribution in [2.45, 2.75) is 13.0 Å². The highest BCUT2D eigenvalue weighted by Gasteiger charge is 2.21. The Hall–Kier alpha value is -1.06. The number of hydrogen-bond acceptors (Lipinski definition) is 2. The predicted octanol–water partition coefficient (Wildman–Crippen LogP) is 2.56. The quantitative estimate of drug-likeness (QED) is 0.746. The Morgan fingerprint density at radius 2 is 2.27 bits per heavy atom. The van der Waals surface area contributed by atoms with Gasteiger partial charge >= 0.3 is 0 Å². The van der Waals surface area contributed by atoms with E-state index in [0.717, 1.165) is 5.57 Å². The highest BCUT2D eigenvalue weighted by atomic mass is 35.5. The molecule has 1 aromatic rings. The fourth-order valence-corrected chi connectivity index (χ4v) is 1.96. The molecule has 1 aromatic carbocycles. The molecule has 1 heterocycles. The zero-order valence-electron chi connectivity index (χ0n) is 8.24. The number of benzene rings is 1. The number of fused-ring (bicyclic) bond motifs is 1. The second-order valence-corrected chi connectivity index (χ2v) is 4.00. The van der Waals surface area contributed by atoms with Crippen LogP contribution in [0.3, 0.4) is 0 Å². The molecule has 1 atom stereocenters. The number of aliphatic hydroxyl groups excluding tert-OH is 1. The van der Waals surface area contributed by atoms with Crippen LogP contribution in [0.25, 0.3) is 6.08 Å². The molecule has 0 saturated carbocycles. The van der Waals surface area contributed by atoms with Crippen molar-refractivity contribution < 1.29 is 9.50 Å². The molecule has 1 N–H and O–H groups in total. The summed E-state index contributed by atoms with van der Waals surface area (Å²) >= 11 is 5.93. The number of aliphatic hydroxyl groups is 1. The van der Waals surface area contributed by atoms with E-state index in [4.69, 9.17) is 11.8 Å². The van der Waals surface area contributed by atoms with Crippen molar-refractivity contribution in [2.75, 3.05) is 11.0 Å². The summed E-state index contributed by atoms with van der Waals surface area (Å²) in [5.41, 5.74) is 1.86. The molecule has 1 aliphatic rings. The number of anilines is 1. The lowest BCUT2D eigenvalue weighted by molar-refractivity contribution is 0.231. The predicted molar refractivity (Wildman–Crippen MR) is 59.3 cm³/mol. The molecule has 4 heteroatoms. The molecule has 2 nitrogen and oxygen atoms in total. The highest BCUT2D eigenvalue weighted by molar-refractivity contribution is 6.26. The molecule has 80 valence electrons. The molecule has 15 heavy (non-hydrogen) atoms. The van der Waals surface area contributed by atoms with Gasteiger partial charge in [0.05, 0.1) is 18.3 Å². The first-order valence-electron chi connectivity index (χ1n) is 4.70. The van der Waals surface area contributed by atoms with Crippen LogP contribution in [0, 0.1) is 5.82 Å². The average Bonchev–Trinajstić information content (AvgIpc) is 2.17. The second-order valence-electron chi connectivity index (χ2n) is 3.59. The standard InChI is InChI=1S/C11H11ClFNO/c1-7(15)9-5-8-3-2-4-10(13)11(8)14(12)6-9/h2-5,7,15H,6H2,1H3/t7-/m1/s1. The zero-order valence-corrected chi connectivity index (χ0v) is 9.00. The van der Waals surface area contributed by atoms with Crippen molar-refractivity contribution in [3.05, 3.63) is 35.2 Å². The first kappa shape index (κ1) is 10.5. The molecular weight excluding hydrogens is 217 g/mol. The van der Waals surface area contributed by atoms with E-state index in [0.29, 0.717) is 17.8 Å². The van der Waals surface area contributed by atoms with Gasteiger partial charge in [0.25, 0.3) is 0 Å². The van der Waals surface area contributed by atoms with E-state index < -0.39 is 6.10 Å². The minimum Gasteiger partial charge on any atom is -0.389 e. The van der Waals surface area contributed by atoms with Crippen LogP contribution in [-0.4, -0.2) is 17.8 Å². The summed E-state index contributed by atoms with van der Waals surface area (Å²) in [6.45, 7) is 2.01. The lowest BCUT2D eigenvalue weighted by atomic mass is 10.0. The van der Waals surface area contributed by atoms with E-state index >= 15 is 0 Å². The minimum absolute atomic E-state index is 0.340. The maximum absolute atomic E-state index is 13.4. The number of halogens is 2. The van der Waals surface area contributed by atoms with Crippen LogP contribution in [-0.2, 0) is 0 Å². The van der Waals surface area contributed by atoms with Gasteiger partial charge < -0.3 is 5.11 Å². The Bertz CT molecular complexity index is 417. The molecule has 0 amide bonds. The van der Waals surface area contributed by atoms with Crippen molar-refractivity contribution in [1.29, 1.82) is 0 Å². The summed E-state index contributed by atoms with van der Waals surface area (Å²) in [7, 11) is 0. The summed E-state index contributed by atoms with van der Waals surface area (Å²) in [5.74, 6) is -0.344. The molecule has 0 bridgehead atoms. The van der Waals surface area contributed by atoms with E-state index in [1.165, 1.54) is 10.5 Å². The molecule has 0 radical (unpaired) electrons. The number of para-hydroxylation sites is 1. The largest absolute Gasteiger partial charge is 0.389 e. The summed E-state index contributed by atoms with van der Waals surface area (Å²) in [4.78, 5) is 0. The van der Waals surface area contributed by atoms with E-state index in [1.807, 2.05) is 0 Å². The average molecular weight is 228 g/mol. The molecule has 1 aliphatic heterocycles. The first-order chi connectivity index (χ1) is 7.09. The molecule has 0 fully saturated rings. The van der Waals surface area contributed by atoms with Gasteiger partial charge in [-0.05, 0) is 24.6 Å². The maximum Gasteiger partial charge on any atom is 0.148 e.